The van der Waals surface area contributed by atoms with Crippen molar-refractivity contribution in [1.29, 1.82) is 0 Å². The molecule has 3 fully saturated rings. The minimum atomic E-state index is -0.181. The van der Waals surface area contributed by atoms with E-state index in [-0.39, 0.29) is 165 Å². The molecule has 11 rings (SSSR count). The normalized spacial score (nSPS) is 13.0. The van der Waals surface area contributed by atoms with Gasteiger partial charge in [-0.1, -0.05) is 114 Å². The summed E-state index contributed by atoms with van der Waals surface area (Å²) in [7, 11) is 20.6. The van der Waals surface area contributed by atoms with Crippen LogP contribution in [0.3, 0.4) is 0 Å². The minimum Gasteiger partial charge on any atom is -1.00 e. The molecule has 0 atom stereocenters. The van der Waals surface area contributed by atoms with Crippen LogP contribution in [-0.4, -0.2) is 237 Å². The first-order valence-corrected chi connectivity index (χ1v) is 44.4. The Bertz CT molecular complexity index is 4030. The monoisotopic (exact) mass is 1870 g/mol. The van der Waals surface area contributed by atoms with Crippen molar-refractivity contribution in [3.8, 4) is 0 Å². The number of nitrogen functional groups attached to an aromatic ring is 1. The van der Waals surface area contributed by atoms with Gasteiger partial charge in [0, 0.05) is 220 Å². The van der Waals surface area contributed by atoms with Crippen LogP contribution in [0.25, 0.3) is 5.57 Å². The fraction of sp³-hybridized carbons (Fsp3) is 0.443. The number of hydrogen-bond donors (Lipinski definition) is 2. The van der Waals surface area contributed by atoms with Gasteiger partial charge in [0.15, 0.2) is 11.5 Å². The summed E-state index contributed by atoms with van der Waals surface area (Å²) >= 11 is 14.0. The Hall–Kier alpha value is -5.25. The molecular weight excluding hydrogens is 1730 g/mol. The number of benzene rings is 7. The number of halogens is 3. The second-order valence-corrected chi connectivity index (χ2v) is 31.5. The molecule has 3 N–H and O–H groups in total. The molecule has 0 unspecified atom stereocenters. The maximum Gasteiger partial charge on any atom is 1.00 e. The number of piperidine rings is 1. The van der Waals surface area contributed by atoms with Gasteiger partial charge in [-0.15, -0.1) is 23.2 Å². The Morgan fingerprint density at radius 3 is 1.09 bits per heavy atom. The van der Waals surface area contributed by atoms with Crippen LogP contribution in [0.4, 0.5) is 39.8 Å². The predicted octanol–water partition coefficient (Wildman–Crippen LogP) is 7.63. The van der Waals surface area contributed by atoms with Crippen LogP contribution in [0, 0.1) is 0 Å². The third-order valence-corrected chi connectivity index (χ3v) is 21.2. The van der Waals surface area contributed by atoms with Gasteiger partial charge in [0.05, 0.1) is 21.3 Å². The van der Waals surface area contributed by atoms with Crippen molar-refractivity contribution in [1.82, 2.24) is 15.1 Å². The molecule has 0 spiro atoms. The molecule has 1 aliphatic carbocycles. The van der Waals surface area contributed by atoms with E-state index in [1.165, 1.54) is 111 Å². The van der Waals surface area contributed by atoms with Crippen molar-refractivity contribution in [3.05, 3.63) is 240 Å². The molecule has 3 aliphatic heterocycles. The molecule has 0 radical (unpaired) electrons. The molecule has 0 saturated carbocycles. The zero-order valence-electron chi connectivity index (χ0n) is 78.7. The van der Waals surface area contributed by atoms with E-state index in [9.17, 15) is 19.2 Å². The summed E-state index contributed by atoms with van der Waals surface area (Å²) in [6.07, 6.45) is 24.1. The summed E-state index contributed by atoms with van der Waals surface area (Å²) in [4.78, 5) is 75.1. The quantitative estimate of drug-likeness (QED) is 0.00355. The Morgan fingerprint density at radius 1 is 0.460 bits per heavy atom. The predicted molar refractivity (Wildman–Crippen MR) is 510 cm³/mol. The molecule has 0 aromatic heterocycles. The Kier molecular flexibility index (Phi) is 68.3. The van der Waals surface area contributed by atoms with Crippen LogP contribution in [0.1, 0.15) is 126 Å². The Balaban J connectivity index is 0. The third kappa shape index (κ3) is 49.5. The van der Waals surface area contributed by atoms with Crippen LogP contribution >= 0.6 is 39.1 Å². The van der Waals surface area contributed by atoms with Gasteiger partial charge in [-0.3, -0.25) is 33.8 Å². The number of ether oxygens (including phenoxy) is 3. The maximum absolute atomic E-state index is 12.4. The molecule has 7 aromatic rings. The molecule has 27 heteroatoms. The van der Waals surface area contributed by atoms with E-state index < -0.39 is 0 Å². The van der Waals surface area contributed by atoms with Crippen LogP contribution < -0.4 is 178 Å². The number of unbranched alkanes of at least 4 members (excludes halogenated alkanes) is 6. The average molecular weight is 1870 g/mol. The van der Waals surface area contributed by atoms with E-state index in [0.717, 1.165) is 152 Å². The standard InChI is InChI=1S/C34H45N4O2.C17H26N2O2.C17H20N2O.C11H15N.C7H13BrO2.C6H7N.C4H9Cl2N.CH2O3.2K.Na.2H/c1-35(2)30-16-10-27(11-17-30)34(28-12-18-31(19-13-28)36(3)4)29-14-20-32(21-15-29)38-25-23-37(24-26-38)22-8-6-7-9-33(39)40-5;1-21-17(20)10-6-3-7-11-18-12-14-19(15-13-18)16-8-4-2-5-9-16;1-18(2)15-9-5-13(6-10-15)17(20)14-7-11-16(12-8-14)19(3)4;1-3-7-11(8-4-1)12-9-5-2-6-10-12;1-10-7(9)5-3-2-4-6-8;7-6-4-2-1-3-5-6;5-1-3-7-4-2-6;2-1-4-3;;;;;/h10-21H,6-9,22-26H2,1-5H3;2,4-5,8-9H,3,6-7,10-15H2,1H3;5-12H,1-4H3;1,3-4,7-8H,2,5-6,9-10H2;2-6H2,1H3;1-5H,7H2;7H,1-4H2;1,3H;;;;;/q+1;;;;;;;;3*+1;2*-1/p-1. The first kappa shape index (κ1) is 117. The molecule has 7 aromatic carbocycles. The van der Waals surface area contributed by atoms with Crippen LogP contribution in [0.2, 0.25) is 0 Å². The van der Waals surface area contributed by atoms with Gasteiger partial charge in [-0.05, 0) is 214 Å². The molecule has 21 nitrogen and oxygen atoms in total. The number of hydrogen-bond acceptors (Lipinski definition) is 20. The molecular formula is C97H138BrCl2K2N11NaO10+. The van der Waals surface area contributed by atoms with Gasteiger partial charge >= 0.3 is 150 Å². The first-order valence-electron chi connectivity index (χ1n) is 42.2. The van der Waals surface area contributed by atoms with E-state index in [1.54, 1.807) is 0 Å². The molecule has 664 valence electrons. The summed E-state index contributed by atoms with van der Waals surface area (Å²) in [5, 5.41) is 12.5. The summed E-state index contributed by atoms with van der Waals surface area (Å²) in [5.74, 6) is 1.09. The topological polar surface area (TPSA) is 212 Å². The number of alkyl halides is 3. The molecule has 3 heterocycles. The molecule has 0 amide bonds. The Labute approximate surface area is 871 Å². The third-order valence-electron chi connectivity index (χ3n) is 20.3. The first-order chi connectivity index (χ1) is 58.6. The minimum absolute atomic E-state index is 0. The second kappa shape index (κ2) is 72.5. The molecule has 3 saturated heterocycles. The second-order valence-electron chi connectivity index (χ2n) is 30.0. The number of methoxy groups -OCH3 is 3. The van der Waals surface area contributed by atoms with Crippen molar-refractivity contribution in [2.45, 2.75) is 96.3 Å². The van der Waals surface area contributed by atoms with Crippen molar-refractivity contribution in [2.24, 2.45) is 0 Å². The zero-order valence-corrected chi connectivity index (χ0v) is 88.1. The average Bonchev–Trinajstić information content (AvgIpc) is 0.795. The number of esters is 3. The SMILES string of the molecule is CN(C)c1ccc(C(=O)c2ccc(N(C)C)cc2)cc1.COC(=O)CCCCCBr.COC(=O)CCCCCN1CCN(c2ccc(C(=C3C=CC(=[N+](C)C)C=C3)c3ccc(N(C)C)cc3)cc2)CC1.COC(=O)CCCCCN1CCN(c2ccccc2)CC1.ClCCNCCCl.Nc1ccccc1.O=CO[O-].[H-].[H-].[K+].[K+].[Na+].c1ccc(N2CCCCC2)cc1. The van der Waals surface area contributed by atoms with Crippen molar-refractivity contribution in [3.63, 3.8) is 0 Å². The number of carbonyl (C=O) groups excluding carboxylic acids is 5. The maximum atomic E-state index is 12.4. The molecule has 4 aliphatic rings. The number of para-hydroxylation sites is 3. The number of piperazine rings is 2. The number of anilines is 7. The summed E-state index contributed by atoms with van der Waals surface area (Å²) in [6.45, 7) is 15.0. The van der Waals surface area contributed by atoms with Crippen molar-refractivity contribution < 1.29 is 188 Å². The van der Waals surface area contributed by atoms with E-state index in [1.807, 2.05) is 117 Å². The van der Waals surface area contributed by atoms with E-state index >= 15 is 0 Å². The van der Waals surface area contributed by atoms with Gasteiger partial charge < -0.3 is 67.7 Å². The van der Waals surface area contributed by atoms with Gasteiger partial charge in [0.2, 0.25) is 0 Å². The number of allylic oxidation sites excluding steroid dienone is 5. The number of nitrogens with one attached hydrogen (secondary N) is 1. The fourth-order valence-electron chi connectivity index (χ4n) is 13.2. The van der Waals surface area contributed by atoms with Crippen LogP contribution in [0.15, 0.2) is 218 Å². The van der Waals surface area contributed by atoms with E-state index in [0.29, 0.717) is 42.1 Å². The summed E-state index contributed by atoms with van der Waals surface area (Å²) < 4.78 is 16.0. The van der Waals surface area contributed by atoms with Crippen molar-refractivity contribution >= 4 is 120 Å². The van der Waals surface area contributed by atoms with Crippen molar-refractivity contribution in [2.75, 3.05) is 222 Å². The van der Waals surface area contributed by atoms with Gasteiger partial charge in [0.1, 0.15) is 14.1 Å². The number of nitrogens with zero attached hydrogens (tertiary/aromatic N) is 9. The number of nitrogens with two attached hydrogens (primary N) is 1. The number of rotatable bonds is 32. The van der Waals surface area contributed by atoms with Gasteiger partial charge in [-0.2, -0.15) is 0 Å². The number of carbonyl (C=O) groups is 5. The van der Waals surface area contributed by atoms with Gasteiger partial charge in [0.25, 0.3) is 6.47 Å². The largest absolute Gasteiger partial charge is 1.00 e. The zero-order chi connectivity index (χ0) is 88.2. The van der Waals surface area contributed by atoms with Crippen LogP contribution in [-0.2, 0) is 38.3 Å². The number of ketones is 1. The Morgan fingerprint density at radius 2 is 0.782 bits per heavy atom. The van der Waals surface area contributed by atoms with E-state index in [4.69, 9.17) is 43.7 Å². The van der Waals surface area contributed by atoms with Gasteiger partial charge in [-0.25, -0.2) is 4.58 Å². The smallest absolute Gasteiger partial charge is 1.00 e. The molecule has 0 bridgehead atoms. The van der Waals surface area contributed by atoms with E-state index in [2.05, 4.69) is 231 Å². The summed E-state index contributed by atoms with van der Waals surface area (Å²) in [6, 6.07) is 64.1. The molecule has 124 heavy (non-hydrogen) atoms. The summed E-state index contributed by atoms with van der Waals surface area (Å²) in [5.41, 5.74) is 21.1. The fourth-order valence-corrected chi connectivity index (χ4v) is 13.9. The van der Waals surface area contributed by atoms with Crippen LogP contribution in [0.5, 0.6) is 0 Å².